The number of carbonyl (C=O) groups excluding carboxylic acids is 1. The summed E-state index contributed by atoms with van der Waals surface area (Å²) in [6.45, 7) is 6.58. The van der Waals surface area contributed by atoms with E-state index >= 15 is 0 Å². The van der Waals surface area contributed by atoms with Gasteiger partial charge in [-0.25, -0.2) is 4.98 Å². The summed E-state index contributed by atoms with van der Waals surface area (Å²) < 4.78 is 0. The average Bonchev–Trinajstić information content (AvgIpc) is 2.62. The number of amides is 1. The van der Waals surface area contributed by atoms with Gasteiger partial charge in [-0.3, -0.25) is 9.89 Å². The molecular formula is C11H18N4O. The normalized spacial score (nSPS) is 21.9. The smallest absolute Gasteiger partial charge is 0.226 e. The van der Waals surface area contributed by atoms with Gasteiger partial charge in [0.25, 0.3) is 0 Å². The van der Waals surface area contributed by atoms with Gasteiger partial charge in [-0.1, -0.05) is 13.8 Å². The number of aryl methyl sites for hydroxylation is 1. The number of carbonyl (C=O) groups is 1. The molecule has 1 heterocycles. The number of nitrogens with zero attached hydrogens (tertiary/aromatic N) is 3. The van der Waals surface area contributed by atoms with Crippen LogP contribution in [0.25, 0.3) is 0 Å². The monoisotopic (exact) mass is 222 g/mol. The standard InChI is InChI=1S/C11H18N4O/c1-7-12-9(14-13-7)6-15(4)10(16)8-5-11(8,2)3/h8H,5-6H2,1-4H3,(H,12,13,14). The van der Waals surface area contributed by atoms with E-state index in [1.807, 2.05) is 14.0 Å². The summed E-state index contributed by atoms with van der Waals surface area (Å²) in [5, 5.41) is 6.80. The first kappa shape index (κ1) is 11.1. The van der Waals surface area contributed by atoms with E-state index in [2.05, 4.69) is 29.0 Å². The number of aromatic amines is 1. The minimum Gasteiger partial charge on any atom is -0.338 e. The van der Waals surface area contributed by atoms with Crippen molar-refractivity contribution in [2.75, 3.05) is 7.05 Å². The Kier molecular flexibility index (Phi) is 2.48. The maximum atomic E-state index is 12.0. The van der Waals surface area contributed by atoms with Gasteiger partial charge in [0.15, 0.2) is 5.82 Å². The third kappa shape index (κ3) is 2.08. The van der Waals surface area contributed by atoms with Gasteiger partial charge in [0.2, 0.25) is 5.91 Å². The lowest BCUT2D eigenvalue weighted by atomic mass is 10.1. The number of hydrogen-bond donors (Lipinski definition) is 1. The van der Waals surface area contributed by atoms with E-state index in [0.29, 0.717) is 12.4 Å². The molecule has 16 heavy (non-hydrogen) atoms. The molecule has 88 valence electrons. The molecule has 0 spiro atoms. The quantitative estimate of drug-likeness (QED) is 0.833. The predicted molar refractivity (Wildman–Crippen MR) is 59.5 cm³/mol. The van der Waals surface area contributed by atoms with Crippen molar-refractivity contribution in [3.8, 4) is 0 Å². The van der Waals surface area contributed by atoms with Gasteiger partial charge in [0.05, 0.1) is 6.54 Å². The molecule has 0 aliphatic heterocycles. The highest BCUT2D eigenvalue weighted by Gasteiger charge is 2.51. The van der Waals surface area contributed by atoms with E-state index in [4.69, 9.17) is 0 Å². The molecular weight excluding hydrogens is 204 g/mol. The molecule has 1 aliphatic rings. The van der Waals surface area contributed by atoms with Gasteiger partial charge in [-0.05, 0) is 18.8 Å². The van der Waals surface area contributed by atoms with Gasteiger partial charge in [0, 0.05) is 13.0 Å². The predicted octanol–water partition coefficient (Wildman–Crippen LogP) is 1.12. The Bertz CT molecular complexity index is 410. The van der Waals surface area contributed by atoms with E-state index in [1.54, 1.807) is 4.90 Å². The van der Waals surface area contributed by atoms with Crippen LogP contribution in [0.4, 0.5) is 0 Å². The van der Waals surface area contributed by atoms with Crippen molar-refractivity contribution in [1.82, 2.24) is 20.1 Å². The van der Waals surface area contributed by atoms with Crippen molar-refractivity contribution >= 4 is 5.91 Å². The van der Waals surface area contributed by atoms with Crippen molar-refractivity contribution in [2.24, 2.45) is 11.3 Å². The first-order chi connectivity index (χ1) is 7.40. The Balaban J connectivity index is 1.94. The Morgan fingerprint density at radius 1 is 1.62 bits per heavy atom. The van der Waals surface area contributed by atoms with Gasteiger partial charge in [-0.2, -0.15) is 5.10 Å². The lowest BCUT2D eigenvalue weighted by molar-refractivity contribution is -0.132. The molecule has 1 aromatic heterocycles. The second kappa shape index (κ2) is 3.57. The van der Waals surface area contributed by atoms with Crippen LogP contribution in [0.3, 0.4) is 0 Å². The van der Waals surface area contributed by atoms with Gasteiger partial charge >= 0.3 is 0 Å². The number of nitrogens with one attached hydrogen (secondary N) is 1. The summed E-state index contributed by atoms with van der Waals surface area (Å²) in [5.74, 6) is 1.83. The van der Waals surface area contributed by atoms with Gasteiger partial charge in [0.1, 0.15) is 5.82 Å². The van der Waals surface area contributed by atoms with Crippen molar-refractivity contribution in [3.63, 3.8) is 0 Å². The largest absolute Gasteiger partial charge is 0.338 e. The molecule has 1 unspecified atom stereocenters. The molecule has 2 rings (SSSR count). The second-order valence-corrected chi connectivity index (χ2v) is 5.28. The summed E-state index contributed by atoms with van der Waals surface area (Å²) in [4.78, 5) is 17.9. The van der Waals surface area contributed by atoms with E-state index in [9.17, 15) is 4.79 Å². The highest BCUT2D eigenvalue weighted by atomic mass is 16.2. The summed E-state index contributed by atoms with van der Waals surface area (Å²) in [6.07, 6.45) is 0.989. The molecule has 0 aromatic carbocycles. The zero-order valence-corrected chi connectivity index (χ0v) is 10.2. The molecule has 1 atom stereocenters. The Labute approximate surface area is 95.2 Å². The van der Waals surface area contributed by atoms with Crippen LogP contribution in [-0.2, 0) is 11.3 Å². The maximum Gasteiger partial charge on any atom is 0.226 e. The zero-order chi connectivity index (χ0) is 11.9. The van der Waals surface area contributed by atoms with Crippen LogP contribution in [0.5, 0.6) is 0 Å². The van der Waals surface area contributed by atoms with E-state index in [-0.39, 0.29) is 17.2 Å². The van der Waals surface area contributed by atoms with Crippen molar-refractivity contribution in [3.05, 3.63) is 11.6 Å². The molecule has 1 fully saturated rings. The Morgan fingerprint density at radius 2 is 2.25 bits per heavy atom. The second-order valence-electron chi connectivity index (χ2n) is 5.28. The number of rotatable bonds is 3. The zero-order valence-electron chi connectivity index (χ0n) is 10.2. The molecule has 5 heteroatoms. The third-order valence-corrected chi connectivity index (χ3v) is 3.21. The van der Waals surface area contributed by atoms with Gasteiger partial charge < -0.3 is 4.90 Å². The number of H-pyrrole nitrogens is 1. The SMILES string of the molecule is Cc1nc(CN(C)C(=O)C2CC2(C)C)n[nH]1. The van der Waals surface area contributed by atoms with E-state index < -0.39 is 0 Å². The maximum absolute atomic E-state index is 12.0. The summed E-state index contributed by atoms with van der Waals surface area (Å²) in [5.41, 5.74) is 0.181. The molecule has 1 amide bonds. The molecule has 0 saturated heterocycles. The highest BCUT2D eigenvalue weighted by molar-refractivity contribution is 5.82. The fourth-order valence-corrected chi connectivity index (χ4v) is 1.90. The van der Waals surface area contributed by atoms with Crippen LogP contribution < -0.4 is 0 Å². The summed E-state index contributed by atoms with van der Waals surface area (Å²) in [7, 11) is 1.81. The fourth-order valence-electron chi connectivity index (χ4n) is 1.90. The molecule has 1 N–H and O–H groups in total. The van der Waals surface area contributed by atoms with Crippen LogP contribution in [-0.4, -0.2) is 33.0 Å². The third-order valence-electron chi connectivity index (χ3n) is 3.21. The molecule has 5 nitrogen and oxygen atoms in total. The van der Waals surface area contributed by atoms with Crippen LogP contribution in [0.1, 0.15) is 31.9 Å². The van der Waals surface area contributed by atoms with Crippen LogP contribution >= 0.6 is 0 Å². The van der Waals surface area contributed by atoms with Crippen molar-refractivity contribution in [1.29, 1.82) is 0 Å². The lowest BCUT2D eigenvalue weighted by Gasteiger charge is -2.16. The van der Waals surface area contributed by atoms with Crippen LogP contribution in [0, 0.1) is 18.3 Å². The number of aromatic nitrogens is 3. The van der Waals surface area contributed by atoms with E-state index in [0.717, 1.165) is 12.2 Å². The first-order valence-electron chi connectivity index (χ1n) is 5.53. The van der Waals surface area contributed by atoms with Crippen molar-refractivity contribution < 1.29 is 4.79 Å². The average molecular weight is 222 g/mol. The molecule has 0 bridgehead atoms. The Morgan fingerprint density at radius 3 is 2.69 bits per heavy atom. The number of hydrogen-bond acceptors (Lipinski definition) is 3. The van der Waals surface area contributed by atoms with Crippen LogP contribution in [0.2, 0.25) is 0 Å². The fraction of sp³-hybridized carbons (Fsp3) is 0.727. The minimum atomic E-state index is 0.178. The lowest BCUT2D eigenvalue weighted by Crippen LogP contribution is -2.29. The first-order valence-corrected chi connectivity index (χ1v) is 5.53. The van der Waals surface area contributed by atoms with Crippen LogP contribution in [0.15, 0.2) is 0 Å². The van der Waals surface area contributed by atoms with E-state index in [1.165, 1.54) is 0 Å². The minimum absolute atomic E-state index is 0.178. The van der Waals surface area contributed by atoms with Crippen molar-refractivity contribution in [2.45, 2.75) is 33.7 Å². The molecule has 1 saturated carbocycles. The highest BCUT2D eigenvalue weighted by Crippen LogP contribution is 2.52. The summed E-state index contributed by atoms with van der Waals surface area (Å²) in [6, 6.07) is 0. The summed E-state index contributed by atoms with van der Waals surface area (Å²) >= 11 is 0. The molecule has 1 aliphatic carbocycles. The Hall–Kier alpha value is -1.39. The van der Waals surface area contributed by atoms with Gasteiger partial charge in [-0.15, -0.1) is 0 Å². The molecule has 1 aromatic rings. The molecule has 0 radical (unpaired) electrons. The topological polar surface area (TPSA) is 61.9 Å².